The first-order valence-corrected chi connectivity index (χ1v) is 8.42. The number of benzene rings is 2. The summed E-state index contributed by atoms with van der Waals surface area (Å²) < 4.78 is 30.0. The first-order valence-electron chi connectivity index (χ1n) is 6.49. The molecule has 0 aliphatic rings. The number of nitrogens with two attached hydrogens (primary N) is 1. The summed E-state index contributed by atoms with van der Waals surface area (Å²) in [5.41, 5.74) is 2.48. The maximum atomic E-state index is 11.8. The Hall–Kier alpha value is -2.42. The molecule has 4 rings (SSSR count). The maximum absolute atomic E-state index is 11.8. The summed E-state index contributed by atoms with van der Waals surface area (Å²) in [7, 11) is -3.87. The fourth-order valence-corrected chi connectivity index (χ4v) is 3.43. The number of halogens is 1. The minimum Gasteiger partial charge on any atom is -0.315 e. The van der Waals surface area contributed by atoms with Gasteiger partial charge in [0, 0.05) is 22.3 Å². The molecule has 2 heterocycles. The first-order chi connectivity index (χ1) is 10.9. The molecule has 2 N–H and O–H groups in total. The van der Waals surface area contributed by atoms with Crippen molar-refractivity contribution in [2.75, 3.05) is 0 Å². The number of rotatable bonds is 2. The van der Waals surface area contributed by atoms with Crippen LogP contribution in [0.15, 0.2) is 52.1 Å². The van der Waals surface area contributed by atoms with Crippen LogP contribution in [0.2, 0.25) is 5.02 Å². The zero-order chi connectivity index (χ0) is 16.2. The number of primary sulfonamides is 1. The van der Waals surface area contributed by atoms with Crippen molar-refractivity contribution in [3.8, 4) is 5.69 Å². The van der Waals surface area contributed by atoms with Crippen molar-refractivity contribution in [2.24, 2.45) is 5.14 Å². The number of nitrogens with zero attached hydrogens (tertiary/aromatic N) is 3. The van der Waals surface area contributed by atoms with E-state index in [1.165, 1.54) is 6.20 Å². The van der Waals surface area contributed by atoms with E-state index < -0.39 is 10.0 Å². The highest BCUT2D eigenvalue weighted by Gasteiger charge is 2.18. The van der Waals surface area contributed by atoms with Gasteiger partial charge in [0.05, 0.1) is 5.52 Å². The van der Waals surface area contributed by atoms with E-state index in [-0.39, 0.29) is 4.90 Å². The average molecular weight is 349 g/mol. The molecule has 4 aromatic rings. The van der Waals surface area contributed by atoms with E-state index in [9.17, 15) is 8.42 Å². The highest BCUT2D eigenvalue weighted by molar-refractivity contribution is 7.89. The Kier molecular flexibility index (Phi) is 2.95. The Balaban J connectivity index is 2.07. The van der Waals surface area contributed by atoms with Crippen LogP contribution in [0.4, 0.5) is 0 Å². The Labute approximate surface area is 135 Å². The number of hydrogen-bond acceptors (Lipinski definition) is 5. The molecule has 0 radical (unpaired) electrons. The van der Waals surface area contributed by atoms with Crippen molar-refractivity contribution in [2.45, 2.75) is 4.90 Å². The molecular formula is C14H9ClN4O3S. The third-order valence-electron chi connectivity index (χ3n) is 3.55. The molecule has 0 fully saturated rings. The van der Waals surface area contributed by atoms with Gasteiger partial charge < -0.3 is 4.57 Å². The van der Waals surface area contributed by atoms with E-state index in [1.54, 1.807) is 41.0 Å². The van der Waals surface area contributed by atoms with Gasteiger partial charge in [0.1, 0.15) is 15.9 Å². The van der Waals surface area contributed by atoms with Crippen molar-refractivity contribution < 1.29 is 13.0 Å². The highest BCUT2D eigenvalue weighted by Crippen LogP contribution is 2.30. The Morgan fingerprint density at radius 1 is 1.09 bits per heavy atom. The molecule has 2 aromatic heterocycles. The van der Waals surface area contributed by atoms with E-state index in [2.05, 4.69) is 14.9 Å². The second kappa shape index (κ2) is 4.79. The second-order valence-corrected chi connectivity index (χ2v) is 6.97. The molecule has 0 aliphatic heterocycles. The fourth-order valence-electron chi connectivity index (χ4n) is 2.53. The van der Waals surface area contributed by atoms with Crippen LogP contribution < -0.4 is 5.14 Å². The van der Waals surface area contributed by atoms with Crippen molar-refractivity contribution in [3.05, 3.63) is 47.6 Å². The second-order valence-electron chi connectivity index (χ2n) is 5.01. The summed E-state index contributed by atoms with van der Waals surface area (Å²) in [4.78, 5) is 0.0301. The molecule has 0 saturated carbocycles. The Bertz CT molecular complexity index is 1160. The molecule has 0 amide bonds. The summed E-state index contributed by atoms with van der Waals surface area (Å²) in [6, 6.07) is 10.2. The Morgan fingerprint density at radius 2 is 1.87 bits per heavy atom. The van der Waals surface area contributed by atoms with E-state index in [0.29, 0.717) is 32.6 Å². The molecule has 2 aromatic carbocycles. The summed E-state index contributed by atoms with van der Waals surface area (Å²) in [5.74, 6) is 0. The largest absolute Gasteiger partial charge is 0.315 e. The quantitative estimate of drug-likeness (QED) is 0.599. The van der Waals surface area contributed by atoms with Crippen LogP contribution in [0.5, 0.6) is 0 Å². The maximum Gasteiger partial charge on any atom is 0.240 e. The molecule has 9 heteroatoms. The zero-order valence-electron chi connectivity index (χ0n) is 11.5. The van der Waals surface area contributed by atoms with Gasteiger partial charge in [-0.05, 0) is 46.7 Å². The van der Waals surface area contributed by atoms with Gasteiger partial charge in [-0.15, -0.1) is 0 Å². The molecule has 0 aliphatic carbocycles. The van der Waals surface area contributed by atoms with Gasteiger partial charge in [0.15, 0.2) is 0 Å². The van der Waals surface area contributed by atoms with Gasteiger partial charge >= 0.3 is 0 Å². The highest BCUT2D eigenvalue weighted by atomic mass is 35.5. The zero-order valence-corrected chi connectivity index (χ0v) is 13.0. The fraction of sp³-hybridized carbons (Fsp3) is 0. The third-order valence-corrected chi connectivity index (χ3v) is 4.73. The van der Waals surface area contributed by atoms with E-state index in [1.807, 2.05) is 0 Å². The number of sulfonamides is 1. The summed E-state index contributed by atoms with van der Waals surface area (Å²) in [6.07, 6.45) is 1.46. The number of aromatic nitrogens is 3. The SMILES string of the molecule is NS(=O)(=O)c1cn(-c2ccc3nonc3c2)c2cc(Cl)ccc12. The monoisotopic (exact) mass is 348 g/mol. The summed E-state index contributed by atoms with van der Waals surface area (Å²) in [5, 5.41) is 13.8. The lowest BCUT2D eigenvalue weighted by atomic mass is 10.2. The van der Waals surface area contributed by atoms with Crippen molar-refractivity contribution >= 4 is 43.6 Å². The van der Waals surface area contributed by atoms with E-state index >= 15 is 0 Å². The smallest absolute Gasteiger partial charge is 0.240 e. The summed E-state index contributed by atoms with van der Waals surface area (Å²) >= 11 is 6.05. The van der Waals surface area contributed by atoms with E-state index in [0.717, 1.165) is 0 Å². The van der Waals surface area contributed by atoms with Crippen molar-refractivity contribution in [1.29, 1.82) is 0 Å². The lowest BCUT2D eigenvalue weighted by Crippen LogP contribution is -2.11. The normalized spacial score (nSPS) is 12.3. The van der Waals surface area contributed by atoms with Gasteiger partial charge in [-0.1, -0.05) is 11.6 Å². The number of hydrogen-bond donors (Lipinski definition) is 1. The molecule has 0 atom stereocenters. The van der Waals surface area contributed by atoms with Crippen LogP contribution in [0.25, 0.3) is 27.6 Å². The third kappa shape index (κ3) is 2.27. The molecule has 7 nitrogen and oxygen atoms in total. The molecule has 116 valence electrons. The standard InChI is InChI=1S/C14H9ClN4O3S/c15-8-1-3-10-13(5-8)19(7-14(10)23(16,20)21)9-2-4-11-12(6-9)18-22-17-11/h1-7H,(H2,16,20,21). The van der Waals surface area contributed by atoms with Gasteiger partial charge in [0.25, 0.3) is 0 Å². The van der Waals surface area contributed by atoms with Gasteiger partial charge in [0.2, 0.25) is 10.0 Å². The van der Waals surface area contributed by atoms with Crippen LogP contribution in [-0.4, -0.2) is 23.3 Å². The first kappa shape index (κ1) is 14.2. The van der Waals surface area contributed by atoms with Crippen molar-refractivity contribution in [3.63, 3.8) is 0 Å². The van der Waals surface area contributed by atoms with Crippen LogP contribution >= 0.6 is 11.6 Å². The Morgan fingerprint density at radius 3 is 2.65 bits per heavy atom. The topological polar surface area (TPSA) is 104 Å². The molecular weight excluding hydrogens is 340 g/mol. The lowest BCUT2D eigenvalue weighted by molar-refractivity contribution is 0.315. The lowest BCUT2D eigenvalue weighted by Gasteiger charge is -2.04. The van der Waals surface area contributed by atoms with E-state index in [4.69, 9.17) is 16.7 Å². The number of fused-ring (bicyclic) bond motifs is 2. The predicted octanol–water partition coefficient (Wildman–Crippen LogP) is 2.47. The van der Waals surface area contributed by atoms with Gasteiger partial charge in [-0.3, -0.25) is 0 Å². The minimum atomic E-state index is -3.87. The average Bonchev–Trinajstić information content (AvgIpc) is 3.09. The van der Waals surface area contributed by atoms with Gasteiger partial charge in [-0.25, -0.2) is 18.2 Å². The van der Waals surface area contributed by atoms with Crippen LogP contribution in [0, 0.1) is 0 Å². The van der Waals surface area contributed by atoms with Crippen molar-refractivity contribution in [1.82, 2.24) is 14.9 Å². The van der Waals surface area contributed by atoms with Crippen LogP contribution in [0.3, 0.4) is 0 Å². The predicted molar refractivity (Wildman–Crippen MR) is 85.0 cm³/mol. The van der Waals surface area contributed by atoms with Gasteiger partial charge in [-0.2, -0.15) is 0 Å². The molecule has 0 saturated heterocycles. The van der Waals surface area contributed by atoms with Crippen LogP contribution in [0.1, 0.15) is 0 Å². The summed E-state index contributed by atoms with van der Waals surface area (Å²) in [6.45, 7) is 0. The molecule has 23 heavy (non-hydrogen) atoms. The molecule has 0 unspecified atom stereocenters. The molecule has 0 bridgehead atoms. The van der Waals surface area contributed by atoms with Crippen LogP contribution in [-0.2, 0) is 10.0 Å². The minimum absolute atomic E-state index is 0.0301. The molecule has 0 spiro atoms.